The number of carbonyl (C=O) groups is 1. The minimum Gasteiger partial charge on any atom is -0.396 e. The SMILES string of the molecule is O=C(CCCCO)NCC1Cc2ccccc2Cc2ccccc21. The van der Waals surface area contributed by atoms with Gasteiger partial charge in [-0.1, -0.05) is 48.5 Å². The van der Waals surface area contributed by atoms with Crippen LogP contribution < -0.4 is 5.32 Å². The molecule has 126 valence electrons. The van der Waals surface area contributed by atoms with Crippen LogP contribution in [0.5, 0.6) is 0 Å². The van der Waals surface area contributed by atoms with Crippen LogP contribution in [0.25, 0.3) is 0 Å². The molecule has 3 nitrogen and oxygen atoms in total. The van der Waals surface area contributed by atoms with Crippen LogP contribution in [-0.2, 0) is 17.6 Å². The standard InChI is InChI=1S/C21H25NO2/c23-12-6-5-11-21(24)22-15-19-14-17-8-2-1-7-16(17)13-18-9-3-4-10-20(18)19/h1-4,7-10,19,23H,5-6,11-15H2,(H,22,24). The summed E-state index contributed by atoms with van der Waals surface area (Å²) in [7, 11) is 0. The molecule has 2 aromatic rings. The first-order chi connectivity index (χ1) is 11.8. The predicted molar refractivity (Wildman–Crippen MR) is 96.1 cm³/mol. The van der Waals surface area contributed by atoms with E-state index in [9.17, 15) is 4.79 Å². The van der Waals surface area contributed by atoms with Crippen molar-refractivity contribution in [3.05, 3.63) is 70.8 Å². The zero-order chi connectivity index (χ0) is 16.8. The summed E-state index contributed by atoms with van der Waals surface area (Å²) >= 11 is 0. The summed E-state index contributed by atoms with van der Waals surface area (Å²) in [6.45, 7) is 0.823. The van der Waals surface area contributed by atoms with Crippen molar-refractivity contribution in [2.75, 3.05) is 13.2 Å². The predicted octanol–water partition coefficient (Wildman–Crippen LogP) is 3.20. The van der Waals surface area contributed by atoms with Crippen molar-refractivity contribution in [1.82, 2.24) is 5.32 Å². The Hall–Kier alpha value is -2.13. The minimum absolute atomic E-state index is 0.0819. The molecule has 3 rings (SSSR count). The highest BCUT2D eigenvalue weighted by atomic mass is 16.3. The first-order valence-electron chi connectivity index (χ1n) is 8.80. The van der Waals surface area contributed by atoms with Gasteiger partial charge >= 0.3 is 0 Å². The number of benzene rings is 2. The van der Waals surface area contributed by atoms with E-state index in [2.05, 4.69) is 53.8 Å². The van der Waals surface area contributed by atoms with Crippen LogP contribution >= 0.6 is 0 Å². The summed E-state index contributed by atoms with van der Waals surface area (Å²) in [5.41, 5.74) is 5.49. The van der Waals surface area contributed by atoms with Crippen molar-refractivity contribution in [3.63, 3.8) is 0 Å². The molecule has 0 radical (unpaired) electrons. The first kappa shape index (κ1) is 16.7. The summed E-state index contributed by atoms with van der Waals surface area (Å²) in [6, 6.07) is 17.2. The molecule has 24 heavy (non-hydrogen) atoms. The maximum Gasteiger partial charge on any atom is 0.220 e. The largest absolute Gasteiger partial charge is 0.396 e. The molecule has 1 atom stereocenters. The van der Waals surface area contributed by atoms with E-state index in [0.717, 1.165) is 19.3 Å². The van der Waals surface area contributed by atoms with Crippen molar-refractivity contribution in [3.8, 4) is 0 Å². The molecule has 2 N–H and O–H groups in total. The van der Waals surface area contributed by atoms with Gasteiger partial charge in [0, 0.05) is 25.5 Å². The Morgan fingerprint density at radius 1 is 1.00 bits per heavy atom. The third-order valence-corrected chi connectivity index (χ3v) is 4.82. The summed E-state index contributed by atoms with van der Waals surface area (Å²) < 4.78 is 0. The molecule has 0 aliphatic heterocycles. The van der Waals surface area contributed by atoms with Crippen molar-refractivity contribution in [2.45, 2.75) is 38.0 Å². The van der Waals surface area contributed by atoms with Crippen LogP contribution in [0.3, 0.4) is 0 Å². The number of unbranched alkanes of at least 4 members (excludes halogenated alkanes) is 1. The highest BCUT2D eigenvalue weighted by Crippen LogP contribution is 2.31. The Kier molecular flexibility index (Phi) is 5.65. The fourth-order valence-electron chi connectivity index (χ4n) is 3.51. The maximum absolute atomic E-state index is 12.0. The first-order valence-corrected chi connectivity index (χ1v) is 8.80. The van der Waals surface area contributed by atoms with Crippen LogP contribution in [0.2, 0.25) is 0 Å². The van der Waals surface area contributed by atoms with E-state index < -0.39 is 0 Å². The monoisotopic (exact) mass is 323 g/mol. The number of amides is 1. The third kappa shape index (κ3) is 4.04. The lowest BCUT2D eigenvalue weighted by Gasteiger charge is -2.19. The normalized spacial score (nSPS) is 16.0. The zero-order valence-corrected chi connectivity index (χ0v) is 14.0. The van der Waals surface area contributed by atoms with E-state index in [1.54, 1.807) is 0 Å². The summed E-state index contributed by atoms with van der Waals surface area (Å²) in [5, 5.41) is 11.9. The number of nitrogens with one attached hydrogen (secondary N) is 1. The molecule has 3 heteroatoms. The highest BCUT2D eigenvalue weighted by molar-refractivity contribution is 5.75. The molecule has 1 aliphatic rings. The Bertz CT molecular complexity index is 696. The van der Waals surface area contributed by atoms with Crippen LogP contribution in [0.4, 0.5) is 0 Å². The van der Waals surface area contributed by atoms with Gasteiger partial charge < -0.3 is 10.4 Å². The van der Waals surface area contributed by atoms with Crippen molar-refractivity contribution in [2.24, 2.45) is 0 Å². The van der Waals surface area contributed by atoms with Crippen molar-refractivity contribution >= 4 is 5.91 Å². The lowest BCUT2D eigenvalue weighted by atomic mass is 9.91. The lowest BCUT2D eigenvalue weighted by molar-refractivity contribution is -0.121. The van der Waals surface area contributed by atoms with Crippen LogP contribution in [0.1, 0.15) is 47.4 Å². The van der Waals surface area contributed by atoms with Gasteiger partial charge in [0.05, 0.1) is 0 Å². The van der Waals surface area contributed by atoms with E-state index in [-0.39, 0.29) is 12.5 Å². The molecule has 0 heterocycles. The number of fused-ring (bicyclic) bond motifs is 2. The van der Waals surface area contributed by atoms with Gasteiger partial charge in [-0.3, -0.25) is 4.79 Å². The molecule has 0 saturated carbocycles. The number of carbonyl (C=O) groups excluding carboxylic acids is 1. The van der Waals surface area contributed by atoms with Gasteiger partial charge in [0.25, 0.3) is 0 Å². The van der Waals surface area contributed by atoms with E-state index in [4.69, 9.17) is 5.11 Å². The van der Waals surface area contributed by atoms with Crippen LogP contribution in [0.15, 0.2) is 48.5 Å². The van der Waals surface area contributed by atoms with Gasteiger partial charge in [0.1, 0.15) is 0 Å². The van der Waals surface area contributed by atoms with Gasteiger partial charge in [-0.2, -0.15) is 0 Å². The molecule has 1 aliphatic carbocycles. The molecule has 0 saturated heterocycles. The highest BCUT2D eigenvalue weighted by Gasteiger charge is 2.22. The maximum atomic E-state index is 12.0. The molecule has 0 fully saturated rings. The zero-order valence-electron chi connectivity index (χ0n) is 14.0. The fraction of sp³-hybridized carbons (Fsp3) is 0.381. The molecule has 0 bridgehead atoms. The van der Waals surface area contributed by atoms with Gasteiger partial charge in [-0.15, -0.1) is 0 Å². The van der Waals surface area contributed by atoms with Crippen LogP contribution in [0, 0.1) is 0 Å². The number of hydrogen-bond acceptors (Lipinski definition) is 2. The fourth-order valence-corrected chi connectivity index (χ4v) is 3.51. The smallest absolute Gasteiger partial charge is 0.220 e. The minimum atomic E-state index is 0.0819. The van der Waals surface area contributed by atoms with Crippen LogP contribution in [-0.4, -0.2) is 24.2 Å². The molecule has 0 spiro atoms. The topological polar surface area (TPSA) is 49.3 Å². The number of rotatable bonds is 6. The Labute approximate surface area is 143 Å². The Morgan fingerprint density at radius 2 is 1.71 bits per heavy atom. The summed E-state index contributed by atoms with van der Waals surface area (Å²) in [4.78, 5) is 12.0. The van der Waals surface area contributed by atoms with Gasteiger partial charge in [-0.25, -0.2) is 0 Å². The second kappa shape index (κ2) is 8.11. The molecular weight excluding hydrogens is 298 g/mol. The number of aliphatic hydroxyl groups excluding tert-OH is 1. The average Bonchev–Trinajstić information content (AvgIpc) is 2.76. The van der Waals surface area contributed by atoms with Gasteiger partial charge in [0.2, 0.25) is 5.91 Å². The van der Waals surface area contributed by atoms with Crippen molar-refractivity contribution in [1.29, 1.82) is 0 Å². The van der Waals surface area contributed by atoms with E-state index in [1.807, 2.05) is 0 Å². The van der Waals surface area contributed by atoms with Gasteiger partial charge in [0.15, 0.2) is 0 Å². The molecule has 1 amide bonds. The molecule has 1 unspecified atom stereocenters. The van der Waals surface area contributed by atoms with E-state index in [1.165, 1.54) is 22.3 Å². The molecule has 2 aromatic carbocycles. The molecule has 0 aromatic heterocycles. The summed E-state index contributed by atoms with van der Waals surface area (Å²) in [5.74, 6) is 0.394. The number of hydrogen-bond donors (Lipinski definition) is 2. The quantitative estimate of drug-likeness (QED) is 0.802. The van der Waals surface area contributed by atoms with E-state index in [0.29, 0.717) is 25.3 Å². The summed E-state index contributed by atoms with van der Waals surface area (Å²) in [6.07, 6.45) is 3.85. The van der Waals surface area contributed by atoms with Crippen molar-refractivity contribution < 1.29 is 9.90 Å². The Balaban J connectivity index is 1.73. The second-order valence-electron chi connectivity index (χ2n) is 6.53. The molecular formula is C21H25NO2. The van der Waals surface area contributed by atoms with E-state index >= 15 is 0 Å². The van der Waals surface area contributed by atoms with Gasteiger partial charge in [-0.05, 0) is 47.9 Å². The lowest BCUT2D eigenvalue weighted by Crippen LogP contribution is -2.29. The third-order valence-electron chi connectivity index (χ3n) is 4.82. The number of aliphatic hydroxyl groups is 1. The average molecular weight is 323 g/mol. The Morgan fingerprint density at radius 3 is 2.50 bits per heavy atom. The second-order valence-corrected chi connectivity index (χ2v) is 6.53.